The average molecular weight is 898 g/mol. The number of aliphatic hydroxyl groups excluding tert-OH is 2. The van der Waals surface area contributed by atoms with E-state index in [0.717, 1.165) is 26.0 Å². The van der Waals surface area contributed by atoms with Gasteiger partial charge in [-0.05, 0) is 67.7 Å². The van der Waals surface area contributed by atoms with E-state index in [9.17, 15) is 63.0 Å². The number of nitrogens with zero attached hydrogens (tertiary/aromatic N) is 4. The van der Waals surface area contributed by atoms with Crippen LogP contribution in [0.2, 0.25) is 0 Å². The number of hydrogen-bond donors (Lipinski definition) is 7. The molecule has 12 atom stereocenters. The van der Waals surface area contributed by atoms with Crippen molar-refractivity contribution in [3.05, 3.63) is 0 Å². The van der Waals surface area contributed by atoms with E-state index in [4.69, 9.17) is 0 Å². The smallest absolute Gasteiger partial charge is 0.246 e. The van der Waals surface area contributed by atoms with Gasteiger partial charge in [0.25, 0.3) is 0 Å². The maximum atomic E-state index is 13.9. The van der Waals surface area contributed by atoms with Crippen LogP contribution in [0.15, 0.2) is 0 Å². The Morgan fingerprint density at radius 1 is 0.540 bits per heavy atom. The van der Waals surface area contributed by atoms with Gasteiger partial charge in [0.2, 0.25) is 53.7 Å². The molecule has 0 aromatic rings. The van der Waals surface area contributed by atoms with Gasteiger partial charge in [0.15, 0.2) is 5.78 Å². The highest BCUT2D eigenvalue weighted by atomic mass is 16.3. The molecule has 12 unspecified atom stereocenters. The molecule has 0 bridgehead atoms. The van der Waals surface area contributed by atoms with Gasteiger partial charge in [0.05, 0.1) is 18.6 Å². The first kappa shape index (κ1) is 57.5. The largest absolute Gasteiger partial charge is 0.391 e. The van der Waals surface area contributed by atoms with Gasteiger partial charge in [0.1, 0.15) is 60.7 Å². The van der Waals surface area contributed by atoms with Crippen LogP contribution < -0.4 is 26.6 Å². The number of ketones is 1. The van der Waals surface area contributed by atoms with Crippen LogP contribution in [0.25, 0.3) is 0 Å². The third-order valence-corrected chi connectivity index (χ3v) is 11.2. The van der Waals surface area contributed by atoms with Crippen molar-refractivity contribution >= 4 is 65.7 Å². The molecule has 22 nitrogen and oxygen atoms in total. The first-order valence-electron chi connectivity index (χ1n) is 20.9. The summed E-state index contributed by atoms with van der Waals surface area (Å²) in [6, 6.07) is -11.0. The second-order valence-corrected chi connectivity index (χ2v) is 16.1. The minimum Gasteiger partial charge on any atom is -0.391 e. The Hall–Kier alpha value is -5.51. The van der Waals surface area contributed by atoms with Crippen molar-refractivity contribution in [3.63, 3.8) is 0 Å². The number of amides is 9. The van der Waals surface area contributed by atoms with Gasteiger partial charge in [-0.2, -0.15) is 0 Å². The molecule has 358 valence electrons. The van der Waals surface area contributed by atoms with E-state index in [0.29, 0.717) is 25.5 Å². The number of nitrogens with one attached hydrogen (secondary N) is 5. The zero-order chi connectivity index (χ0) is 49.2. The quantitative estimate of drug-likeness (QED) is 0.0325. The van der Waals surface area contributed by atoms with Crippen LogP contribution >= 0.6 is 0 Å². The number of aliphatic hydroxyl groups is 2. The normalized spacial score (nSPS) is 16.8. The zero-order valence-electron chi connectivity index (χ0n) is 39.1. The van der Waals surface area contributed by atoms with Gasteiger partial charge in [-0.1, -0.05) is 26.7 Å². The van der Waals surface area contributed by atoms with Crippen LogP contribution in [0.5, 0.6) is 0 Å². The molecule has 0 fully saturated rings. The molecule has 0 saturated carbocycles. The lowest BCUT2D eigenvalue weighted by Gasteiger charge is -2.38. The molecule has 0 saturated heterocycles. The van der Waals surface area contributed by atoms with Crippen molar-refractivity contribution < 1.29 is 63.0 Å². The van der Waals surface area contributed by atoms with Crippen molar-refractivity contribution in [1.82, 2.24) is 46.2 Å². The molecular formula is C41H71N9O13. The minimum absolute atomic E-state index is 0.320. The molecule has 0 heterocycles. The van der Waals surface area contributed by atoms with Crippen molar-refractivity contribution in [3.8, 4) is 0 Å². The average Bonchev–Trinajstić information content (AvgIpc) is 3.24. The fourth-order valence-corrected chi connectivity index (χ4v) is 6.29. The number of likely N-dealkylation sites (N-methyl/N-ethyl adjacent to an activating group) is 4. The molecule has 63 heavy (non-hydrogen) atoms. The van der Waals surface area contributed by atoms with E-state index < -0.39 is 132 Å². The van der Waals surface area contributed by atoms with Crippen LogP contribution in [0.4, 0.5) is 0 Å². The van der Waals surface area contributed by atoms with E-state index in [1.54, 1.807) is 6.92 Å². The molecule has 0 aliphatic rings. The highest BCUT2D eigenvalue weighted by Crippen LogP contribution is 2.20. The van der Waals surface area contributed by atoms with E-state index in [2.05, 4.69) is 26.6 Å². The lowest BCUT2D eigenvalue weighted by Crippen LogP contribution is -2.62. The topological polar surface area (TPSA) is 301 Å². The summed E-state index contributed by atoms with van der Waals surface area (Å²) in [6.45, 7) is 14.5. The third kappa shape index (κ3) is 16.6. The Morgan fingerprint density at radius 2 is 0.968 bits per heavy atom. The van der Waals surface area contributed by atoms with Crippen LogP contribution in [0, 0.1) is 5.92 Å². The van der Waals surface area contributed by atoms with E-state index in [1.807, 2.05) is 6.92 Å². The molecule has 0 aliphatic heterocycles. The molecule has 7 N–H and O–H groups in total. The number of hydrogen-bond acceptors (Lipinski definition) is 13. The molecular weight excluding hydrogens is 827 g/mol. The first-order chi connectivity index (χ1) is 29.1. The Morgan fingerprint density at radius 3 is 1.40 bits per heavy atom. The van der Waals surface area contributed by atoms with Crippen molar-refractivity contribution in [2.45, 2.75) is 162 Å². The Kier molecular flexibility index (Phi) is 24.5. The molecule has 0 aromatic carbocycles. The van der Waals surface area contributed by atoms with Crippen LogP contribution in [0.1, 0.15) is 94.9 Å². The first-order valence-corrected chi connectivity index (χ1v) is 20.9. The van der Waals surface area contributed by atoms with Gasteiger partial charge >= 0.3 is 0 Å². The monoisotopic (exact) mass is 898 g/mol. The fourth-order valence-electron chi connectivity index (χ4n) is 6.29. The second kappa shape index (κ2) is 26.8. The molecule has 22 heteroatoms. The molecule has 0 radical (unpaired) electrons. The Balaban J connectivity index is 5.81. The van der Waals surface area contributed by atoms with E-state index in [-0.39, 0.29) is 0 Å². The summed E-state index contributed by atoms with van der Waals surface area (Å²) in [6.07, 6.45) is -0.818. The van der Waals surface area contributed by atoms with Gasteiger partial charge in [-0.3, -0.25) is 47.9 Å². The Bertz CT molecular complexity index is 1650. The molecule has 0 rings (SSSR count). The molecule has 0 aliphatic carbocycles. The fraction of sp³-hybridized carbons (Fsp3) is 0.732. The molecule has 0 spiro atoms. The summed E-state index contributed by atoms with van der Waals surface area (Å²) in [4.78, 5) is 144. The zero-order valence-corrected chi connectivity index (χ0v) is 39.1. The maximum absolute atomic E-state index is 13.9. The van der Waals surface area contributed by atoms with Gasteiger partial charge in [0, 0.05) is 28.2 Å². The summed E-state index contributed by atoms with van der Waals surface area (Å²) < 4.78 is 0. The molecule has 0 aromatic heterocycles. The van der Waals surface area contributed by atoms with Crippen LogP contribution in [-0.4, -0.2) is 190 Å². The lowest BCUT2D eigenvalue weighted by atomic mass is 9.91. The number of carbonyl (C=O) groups is 11. The predicted molar refractivity (Wildman–Crippen MR) is 229 cm³/mol. The molecule has 9 amide bonds. The standard InChI is InChI=1S/C41H71N9O13/c1-15-16-17-21(2)33(55)32(37(59)46-31(29(10)53)30(54)18-19-51)50(14)41(63)28(9)49(13)40(62)25(6)45-36(58)27(8)48(12)39(61)24(5)44-34(56)22(3)43-35(57)26(7)47(11)38(60)23(4)42-20-52/h19-29,31-33,53,55H,15-18H2,1-14H3,(H,42,52)(H,43,57)(H,44,56)(H,45,58)(H,46,59). The number of Topliss-reactive ketones (excluding diaryl/α,β-unsaturated/α-hetero) is 1. The predicted octanol–water partition coefficient (Wildman–Crippen LogP) is -2.79. The van der Waals surface area contributed by atoms with Gasteiger partial charge in [-0.25, -0.2) is 0 Å². The van der Waals surface area contributed by atoms with Gasteiger partial charge < -0.3 is 61.2 Å². The minimum atomic E-state index is -1.59. The van der Waals surface area contributed by atoms with Crippen LogP contribution in [0.3, 0.4) is 0 Å². The van der Waals surface area contributed by atoms with E-state index in [1.165, 1.54) is 83.6 Å². The highest BCUT2D eigenvalue weighted by Gasteiger charge is 2.41. The summed E-state index contributed by atoms with van der Waals surface area (Å²) in [5.41, 5.74) is 0. The number of carbonyl (C=O) groups excluding carboxylic acids is 11. The van der Waals surface area contributed by atoms with Crippen molar-refractivity contribution in [1.29, 1.82) is 0 Å². The summed E-state index contributed by atoms with van der Waals surface area (Å²) in [7, 11) is 5.19. The van der Waals surface area contributed by atoms with Crippen LogP contribution in [-0.2, 0) is 52.7 Å². The van der Waals surface area contributed by atoms with E-state index >= 15 is 0 Å². The number of aldehydes is 1. The summed E-state index contributed by atoms with van der Waals surface area (Å²) in [5, 5.41) is 33.7. The highest BCUT2D eigenvalue weighted by molar-refractivity contribution is 5.99. The SMILES string of the molecule is CCCCC(C)C(O)C(C(=O)NC(C(=O)CC=O)C(C)O)N(C)C(=O)C(C)N(C)C(=O)C(C)NC(=O)C(C)N(C)C(=O)C(C)NC(=O)C(C)NC(=O)C(C)N(C)C(=O)C(C)NC=O. The summed E-state index contributed by atoms with van der Waals surface area (Å²) >= 11 is 0. The lowest BCUT2D eigenvalue weighted by molar-refractivity contribution is -0.152. The number of rotatable bonds is 27. The number of unbranched alkanes of at least 4 members (excludes halogenated alkanes) is 1. The van der Waals surface area contributed by atoms with Crippen molar-refractivity contribution in [2.75, 3.05) is 28.2 Å². The third-order valence-electron chi connectivity index (χ3n) is 11.2. The maximum Gasteiger partial charge on any atom is 0.246 e. The van der Waals surface area contributed by atoms with Crippen molar-refractivity contribution in [2.24, 2.45) is 5.92 Å². The van der Waals surface area contributed by atoms with Gasteiger partial charge in [-0.15, -0.1) is 0 Å². The Labute approximate surface area is 369 Å². The second-order valence-electron chi connectivity index (χ2n) is 16.1. The summed E-state index contributed by atoms with van der Waals surface area (Å²) in [5.74, 6) is -7.23.